The summed E-state index contributed by atoms with van der Waals surface area (Å²) in [6.45, 7) is 6.15. The number of amides is 2. The zero-order valence-corrected chi connectivity index (χ0v) is 13.4. The number of halogens is 1. The van der Waals surface area contributed by atoms with Crippen molar-refractivity contribution in [2.45, 2.75) is 39.5 Å². The van der Waals surface area contributed by atoms with E-state index in [1.165, 1.54) is 12.8 Å². The van der Waals surface area contributed by atoms with Crippen molar-refractivity contribution in [3.8, 4) is 0 Å². The molecular formula is C14H28ClN3O2. The van der Waals surface area contributed by atoms with E-state index < -0.39 is 0 Å². The van der Waals surface area contributed by atoms with Crippen LogP contribution in [0.4, 0.5) is 0 Å². The van der Waals surface area contributed by atoms with Crippen molar-refractivity contribution in [3.63, 3.8) is 0 Å². The van der Waals surface area contributed by atoms with E-state index in [-0.39, 0.29) is 37.3 Å². The molecule has 1 heterocycles. The van der Waals surface area contributed by atoms with Gasteiger partial charge in [-0.25, -0.2) is 0 Å². The minimum atomic E-state index is -0.278. The van der Waals surface area contributed by atoms with E-state index in [9.17, 15) is 9.59 Å². The molecule has 0 aromatic heterocycles. The highest BCUT2D eigenvalue weighted by Gasteiger charge is 2.22. The highest BCUT2D eigenvalue weighted by atomic mass is 35.5. The summed E-state index contributed by atoms with van der Waals surface area (Å²) in [5, 5.41) is 2.53. The Labute approximate surface area is 128 Å². The Hall–Kier alpha value is -0.810. The number of carbonyl (C=O) groups excluding carboxylic acids is 2. The SMILES string of the molecule is CC(C)CCC1CCN(C(=O)CNC(=O)CN)CC1.Cl. The van der Waals surface area contributed by atoms with E-state index in [1.54, 1.807) is 0 Å². The average Bonchev–Trinajstić information content (AvgIpc) is 2.42. The highest BCUT2D eigenvalue weighted by molar-refractivity contribution is 5.85. The zero-order chi connectivity index (χ0) is 14.3. The van der Waals surface area contributed by atoms with E-state index in [1.807, 2.05) is 4.90 Å². The second kappa shape index (κ2) is 10.00. The third-order valence-electron chi connectivity index (χ3n) is 3.74. The van der Waals surface area contributed by atoms with Gasteiger partial charge < -0.3 is 16.0 Å². The molecule has 1 saturated heterocycles. The minimum absolute atomic E-state index is 0. The first kappa shape index (κ1) is 19.2. The molecular weight excluding hydrogens is 278 g/mol. The number of hydrogen-bond donors (Lipinski definition) is 2. The number of likely N-dealkylation sites (tertiary alicyclic amines) is 1. The van der Waals surface area contributed by atoms with Crippen LogP contribution >= 0.6 is 12.4 Å². The van der Waals surface area contributed by atoms with Gasteiger partial charge in [-0.2, -0.15) is 0 Å². The maximum atomic E-state index is 11.9. The van der Waals surface area contributed by atoms with Gasteiger partial charge >= 0.3 is 0 Å². The molecule has 1 aliphatic rings. The Bertz CT molecular complexity index is 303. The number of nitrogens with two attached hydrogens (primary N) is 1. The summed E-state index contributed by atoms with van der Waals surface area (Å²) in [4.78, 5) is 24.7. The molecule has 5 nitrogen and oxygen atoms in total. The highest BCUT2D eigenvalue weighted by Crippen LogP contribution is 2.23. The second-order valence-corrected chi connectivity index (χ2v) is 5.78. The molecule has 1 aliphatic heterocycles. The molecule has 0 radical (unpaired) electrons. The normalized spacial score (nSPS) is 15.9. The van der Waals surface area contributed by atoms with E-state index in [0.717, 1.165) is 37.8 Å². The molecule has 0 spiro atoms. The molecule has 6 heteroatoms. The third-order valence-corrected chi connectivity index (χ3v) is 3.74. The van der Waals surface area contributed by atoms with Gasteiger partial charge in [-0.15, -0.1) is 12.4 Å². The summed E-state index contributed by atoms with van der Waals surface area (Å²) < 4.78 is 0. The van der Waals surface area contributed by atoms with Crippen LogP contribution in [0, 0.1) is 11.8 Å². The molecule has 0 saturated carbocycles. The van der Waals surface area contributed by atoms with Gasteiger partial charge in [0.15, 0.2) is 0 Å². The van der Waals surface area contributed by atoms with Crippen LogP contribution in [-0.2, 0) is 9.59 Å². The van der Waals surface area contributed by atoms with Crippen LogP contribution in [0.15, 0.2) is 0 Å². The molecule has 118 valence electrons. The average molecular weight is 306 g/mol. The lowest BCUT2D eigenvalue weighted by Gasteiger charge is -2.32. The summed E-state index contributed by atoms with van der Waals surface area (Å²) in [6, 6.07) is 0. The number of hydrogen-bond acceptors (Lipinski definition) is 3. The van der Waals surface area contributed by atoms with Crippen molar-refractivity contribution in [3.05, 3.63) is 0 Å². The van der Waals surface area contributed by atoms with Gasteiger partial charge in [0.2, 0.25) is 11.8 Å². The van der Waals surface area contributed by atoms with Crippen LogP contribution in [-0.4, -0.2) is 42.9 Å². The van der Waals surface area contributed by atoms with Crippen LogP contribution in [0.5, 0.6) is 0 Å². The predicted molar refractivity (Wildman–Crippen MR) is 82.7 cm³/mol. The predicted octanol–water partition coefficient (Wildman–Crippen LogP) is 1.16. The maximum Gasteiger partial charge on any atom is 0.241 e. The van der Waals surface area contributed by atoms with Gasteiger partial charge in [0, 0.05) is 13.1 Å². The van der Waals surface area contributed by atoms with E-state index in [2.05, 4.69) is 19.2 Å². The van der Waals surface area contributed by atoms with Crippen molar-refractivity contribution in [2.24, 2.45) is 17.6 Å². The first-order valence-electron chi connectivity index (χ1n) is 7.27. The molecule has 0 aliphatic carbocycles. The smallest absolute Gasteiger partial charge is 0.241 e. The van der Waals surface area contributed by atoms with Crippen LogP contribution in [0.3, 0.4) is 0 Å². The number of piperidine rings is 1. The lowest BCUT2D eigenvalue weighted by atomic mass is 9.89. The third kappa shape index (κ3) is 7.10. The molecule has 3 N–H and O–H groups in total. The van der Waals surface area contributed by atoms with Gasteiger partial charge in [-0.3, -0.25) is 9.59 Å². The standard InChI is InChI=1S/C14H27N3O2.ClH/c1-11(2)3-4-12-5-7-17(8-6-12)14(19)10-16-13(18)9-15;/h11-12H,3-10,15H2,1-2H3,(H,16,18);1H. The van der Waals surface area contributed by atoms with Gasteiger partial charge in [0.05, 0.1) is 13.1 Å². The fourth-order valence-corrected chi connectivity index (χ4v) is 2.40. The zero-order valence-electron chi connectivity index (χ0n) is 12.6. The van der Waals surface area contributed by atoms with Crippen LogP contribution in [0.2, 0.25) is 0 Å². The largest absolute Gasteiger partial charge is 0.346 e. The van der Waals surface area contributed by atoms with Gasteiger partial charge in [-0.05, 0) is 24.7 Å². The molecule has 1 fully saturated rings. The number of rotatable bonds is 6. The molecule has 0 bridgehead atoms. The van der Waals surface area contributed by atoms with Crippen molar-refractivity contribution in [2.75, 3.05) is 26.2 Å². The molecule has 0 aromatic carbocycles. The fraction of sp³-hybridized carbons (Fsp3) is 0.857. The first-order valence-corrected chi connectivity index (χ1v) is 7.27. The van der Waals surface area contributed by atoms with Crippen LogP contribution in [0.1, 0.15) is 39.5 Å². The lowest BCUT2D eigenvalue weighted by Crippen LogP contribution is -2.45. The van der Waals surface area contributed by atoms with Gasteiger partial charge in [-0.1, -0.05) is 26.7 Å². The molecule has 1 rings (SSSR count). The summed E-state index contributed by atoms with van der Waals surface area (Å²) >= 11 is 0. The second-order valence-electron chi connectivity index (χ2n) is 5.78. The summed E-state index contributed by atoms with van der Waals surface area (Å²) in [7, 11) is 0. The Morgan fingerprint density at radius 2 is 1.90 bits per heavy atom. The maximum absolute atomic E-state index is 11.9. The first-order chi connectivity index (χ1) is 9.02. The molecule has 2 amide bonds. The van der Waals surface area contributed by atoms with Gasteiger partial charge in [0.1, 0.15) is 0 Å². The van der Waals surface area contributed by atoms with Crippen molar-refractivity contribution >= 4 is 24.2 Å². The summed E-state index contributed by atoms with van der Waals surface area (Å²) in [6.07, 6.45) is 4.71. The van der Waals surface area contributed by atoms with Gasteiger partial charge in [0.25, 0.3) is 0 Å². The Balaban J connectivity index is 0.00000361. The van der Waals surface area contributed by atoms with Crippen LogP contribution < -0.4 is 11.1 Å². The molecule has 0 atom stereocenters. The molecule has 20 heavy (non-hydrogen) atoms. The summed E-state index contributed by atoms with van der Waals surface area (Å²) in [5.41, 5.74) is 5.18. The topological polar surface area (TPSA) is 75.4 Å². The number of nitrogens with one attached hydrogen (secondary N) is 1. The monoisotopic (exact) mass is 305 g/mol. The quantitative estimate of drug-likeness (QED) is 0.773. The Kier molecular flexibility index (Phi) is 9.59. The van der Waals surface area contributed by atoms with Crippen LogP contribution in [0.25, 0.3) is 0 Å². The lowest BCUT2D eigenvalue weighted by molar-refractivity contribution is -0.133. The summed E-state index contributed by atoms with van der Waals surface area (Å²) in [5.74, 6) is 1.24. The molecule has 0 aromatic rings. The van der Waals surface area contributed by atoms with E-state index in [0.29, 0.717) is 0 Å². The van der Waals surface area contributed by atoms with Crippen molar-refractivity contribution < 1.29 is 9.59 Å². The van der Waals surface area contributed by atoms with Crippen molar-refractivity contribution in [1.29, 1.82) is 0 Å². The fourth-order valence-electron chi connectivity index (χ4n) is 2.40. The van der Waals surface area contributed by atoms with Crippen molar-refractivity contribution in [1.82, 2.24) is 10.2 Å². The number of carbonyl (C=O) groups is 2. The van der Waals surface area contributed by atoms with E-state index in [4.69, 9.17) is 5.73 Å². The Morgan fingerprint density at radius 3 is 2.40 bits per heavy atom. The minimum Gasteiger partial charge on any atom is -0.346 e. The van der Waals surface area contributed by atoms with E-state index >= 15 is 0 Å². The number of nitrogens with zero attached hydrogens (tertiary/aromatic N) is 1. The Morgan fingerprint density at radius 1 is 1.30 bits per heavy atom. The molecule has 0 unspecified atom stereocenters.